The Kier molecular flexibility index (Phi) is 6.69. The van der Waals surface area contributed by atoms with Crippen LogP contribution in [0.1, 0.15) is 0 Å². The van der Waals surface area contributed by atoms with Gasteiger partial charge in [-0.3, -0.25) is 4.79 Å². The summed E-state index contributed by atoms with van der Waals surface area (Å²) in [5, 5.41) is 8.77. The molecule has 0 spiro atoms. The molecular formula is C24H26N4O4. The van der Waals surface area contributed by atoms with Crippen LogP contribution in [-0.2, 0) is 4.79 Å². The van der Waals surface area contributed by atoms with Crippen LogP contribution in [0.15, 0.2) is 60.7 Å². The van der Waals surface area contributed by atoms with Gasteiger partial charge in [0.15, 0.2) is 23.9 Å². The molecule has 0 N–H and O–H groups in total. The fraction of sp³-hybridized carbons (Fsp3) is 0.292. The van der Waals surface area contributed by atoms with Crippen LogP contribution in [0.3, 0.4) is 0 Å². The number of hydrogen-bond donors (Lipinski definition) is 0. The lowest BCUT2D eigenvalue weighted by molar-refractivity contribution is -0.133. The molecule has 0 atom stereocenters. The van der Waals surface area contributed by atoms with Gasteiger partial charge in [-0.25, -0.2) is 0 Å². The third-order valence-corrected chi connectivity index (χ3v) is 5.39. The molecule has 1 fully saturated rings. The van der Waals surface area contributed by atoms with Crippen molar-refractivity contribution < 1.29 is 19.0 Å². The van der Waals surface area contributed by atoms with E-state index in [-0.39, 0.29) is 12.5 Å². The third kappa shape index (κ3) is 4.91. The normalized spacial score (nSPS) is 13.6. The van der Waals surface area contributed by atoms with E-state index in [0.717, 1.165) is 22.8 Å². The molecule has 166 valence electrons. The molecule has 3 aromatic rings. The molecule has 8 nitrogen and oxygen atoms in total. The summed E-state index contributed by atoms with van der Waals surface area (Å²) < 4.78 is 16.2. The van der Waals surface area contributed by atoms with E-state index in [4.69, 9.17) is 14.2 Å². The molecule has 0 unspecified atom stereocenters. The lowest BCUT2D eigenvalue weighted by Gasteiger charge is -2.35. The van der Waals surface area contributed by atoms with E-state index in [2.05, 4.69) is 15.1 Å². The highest BCUT2D eigenvalue weighted by Crippen LogP contribution is 2.26. The lowest BCUT2D eigenvalue weighted by atomic mass is 10.1. The first-order valence-electron chi connectivity index (χ1n) is 10.4. The number of methoxy groups -OCH3 is 2. The van der Waals surface area contributed by atoms with Gasteiger partial charge in [-0.1, -0.05) is 24.3 Å². The van der Waals surface area contributed by atoms with Crippen LogP contribution in [0.2, 0.25) is 0 Å². The standard InChI is InChI=1S/C24H26N4O4/c1-30-19-7-5-6-18(16-19)20-10-11-23(26-25-20)27-12-14-28(15-13-27)24(29)17-32-22-9-4-3-8-21(22)31-2/h3-11,16H,12-15,17H2,1-2H3. The average molecular weight is 434 g/mol. The van der Waals surface area contributed by atoms with Gasteiger partial charge in [0.05, 0.1) is 19.9 Å². The summed E-state index contributed by atoms with van der Waals surface area (Å²) in [5.41, 5.74) is 1.74. The summed E-state index contributed by atoms with van der Waals surface area (Å²) in [6.07, 6.45) is 0. The summed E-state index contributed by atoms with van der Waals surface area (Å²) in [6, 6.07) is 19.0. The molecule has 1 saturated heterocycles. The number of benzene rings is 2. The number of aromatic nitrogens is 2. The predicted octanol–water partition coefficient (Wildman–Crippen LogP) is 2.89. The zero-order valence-corrected chi connectivity index (χ0v) is 18.2. The van der Waals surface area contributed by atoms with Gasteiger partial charge in [-0.2, -0.15) is 0 Å². The van der Waals surface area contributed by atoms with E-state index in [1.807, 2.05) is 53.4 Å². The topological polar surface area (TPSA) is 77.0 Å². The quantitative estimate of drug-likeness (QED) is 0.566. The van der Waals surface area contributed by atoms with Crippen LogP contribution in [0.4, 0.5) is 5.82 Å². The molecule has 8 heteroatoms. The van der Waals surface area contributed by atoms with E-state index in [1.54, 1.807) is 26.4 Å². The minimum absolute atomic E-state index is 0.0184. The zero-order valence-electron chi connectivity index (χ0n) is 18.2. The maximum absolute atomic E-state index is 12.6. The van der Waals surface area contributed by atoms with E-state index in [0.29, 0.717) is 37.7 Å². The zero-order chi connectivity index (χ0) is 22.3. The van der Waals surface area contributed by atoms with Gasteiger partial charge in [-0.05, 0) is 36.4 Å². The lowest BCUT2D eigenvalue weighted by Crippen LogP contribution is -2.50. The second-order valence-corrected chi connectivity index (χ2v) is 7.32. The average Bonchev–Trinajstić information content (AvgIpc) is 2.87. The minimum Gasteiger partial charge on any atom is -0.497 e. The molecule has 2 aromatic carbocycles. The van der Waals surface area contributed by atoms with Crippen molar-refractivity contribution in [2.45, 2.75) is 0 Å². The van der Waals surface area contributed by atoms with Crippen molar-refractivity contribution in [3.63, 3.8) is 0 Å². The number of rotatable bonds is 7. The molecule has 1 amide bonds. The monoisotopic (exact) mass is 434 g/mol. The third-order valence-electron chi connectivity index (χ3n) is 5.39. The Morgan fingerprint density at radius 3 is 2.34 bits per heavy atom. The highest BCUT2D eigenvalue weighted by molar-refractivity contribution is 5.78. The number of hydrogen-bond acceptors (Lipinski definition) is 7. The van der Waals surface area contributed by atoms with Crippen LogP contribution >= 0.6 is 0 Å². The summed E-state index contributed by atoms with van der Waals surface area (Å²) in [4.78, 5) is 16.5. The van der Waals surface area contributed by atoms with Crippen LogP contribution in [-0.4, -0.2) is 68.0 Å². The fourth-order valence-corrected chi connectivity index (χ4v) is 3.58. The SMILES string of the molecule is COc1cccc(-c2ccc(N3CCN(C(=O)COc4ccccc4OC)CC3)nn2)c1. The number of piperazine rings is 1. The van der Waals surface area contributed by atoms with Crippen molar-refractivity contribution in [3.8, 4) is 28.5 Å². The number of amides is 1. The fourth-order valence-electron chi connectivity index (χ4n) is 3.58. The molecule has 2 heterocycles. The molecule has 32 heavy (non-hydrogen) atoms. The summed E-state index contributed by atoms with van der Waals surface area (Å²) in [5.74, 6) is 2.71. The maximum Gasteiger partial charge on any atom is 0.260 e. The number of nitrogens with zero attached hydrogens (tertiary/aromatic N) is 4. The molecule has 1 aliphatic rings. The molecular weight excluding hydrogens is 408 g/mol. The number of carbonyl (C=O) groups is 1. The molecule has 0 bridgehead atoms. The van der Waals surface area contributed by atoms with Gasteiger partial charge in [-0.15, -0.1) is 10.2 Å². The summed E-state index contributed by atoms with van der Waals surface area (Å²) in [7, 11) is 3.22. The molecule has 1 aromatic heterocycles. The van der Waals surface area contributed by atoms with Gasteiger partial charge < -0.3 is 24.0 Å². The van der Waals surface area contributed by atoms with E-state index in [9.17, 15) is 4.79 Å². The van der Waals surface area contributed by atoms with Crippen molar-refractivity contribution in [3.05, 3.63) is 60.7 Å². The van der Waals surface area contributed by atoms with Crippen LogP contribution in [0, 0.1) is 0 Å². The highest BCUT2D eigenvalue weighted by Gasteiger charge is 2.23. The van der Waals surface area contributed by atoms with E-state index < -0.39 is 0 Å². The Balaban J connectivity index is 1.31. The van der Waals surface area contributed by atoms with Gasteiger partial charge in [0.25, 0.3) is 5.91 Å². The van der Waals surface area contributed by atoms with Gasteiger partial charge >= 0.3 is 0 Å². The number of ether oxygens (including phenoxy) is 3. The highest BCUT2D eigenvalue weighted by atomic mass is 16.5. The first kappa shape index (κ1) is 21.4. The van der Waals surface area contributed by atoms with E-state index in [1.165, 1.54) is 0 Å². The maximum atomic E-state index is 12.6. The van der Waals surface area contributed by atoms with Gasteiger partial charge in [0, 0.05) is 31.7 Å². The number of carbonyl (C=O) groups excluding carboxylic acids is 1. The first-order valence-corrected chi connectivity index (χ1v) is 10.4. The van der Waals surface area contributed by atoms with Gasteiger partial charge in [0.2, 0.25) is 0 Å². The predicted molar refractivity (Wildman–Crippen MR) is 121 cm³/mol. The number of para-hydroxylation sites is 2. The second kappa shape index (κ2) is 10.00. The van der Waals surface area contributed by atoms with Crippen molar-refractivity contribution in [2.24, 2.45) is 0 Å². The van der Waals surface area contributed by atoms with Crippen molar-refractivity contribution in [1.82, 2.24) is 15.1 Å². The molecule has 1 aliphatic heterocycles. The van der Waals surface area contributed by atoms with Crippen LogP contribution < -0.4 is 19.1 Å². The number of anilines is 1. The van der Waals surface area contributed by atoms with Crippen LogP contribution in [0.5, 0.6) is 17.2 Å². The minimum atomic E-state index is -0.0463. The molecule has 0 saturated carbocycles. The van der Waals surface area contributed by atoms with Crippen LogP contribution in [0.25, 0.3) is 11.3 Å². The van der Waals surface area contributed by atoms with Crippen molar-refractivity contribution in [1.29, 1.82) is 0 Å². The van der Waals surface area contributed by atoms with Crippen molar-refractivity contribution in [2.75, 3.05) is 51.9 Å². The largest absolute Gasteiger partial charge is 0.497 e. The summed E-state index contributed by atoms with van der Waals surface area (Å²) >= 11 is 0. The Labute approximate surface area is 187 Å². The second-order valence-electron chi connectivity index (χ2n) is 7.32. The smallest absolute Gasteiger partial charge is 0.260 e. The molecule has 4 rings (SSSR count). The van der Waals surface area contributed by atoms with Gasteiger partial charge in [0.1, 0.15) is 5.75 Å². The summed E-state index contributed by atoms with van der Waals surface area (Å²) in [6.45, 7) is 2.57. The Morgan fingerprint density at radius 1 is 0.875 bits per heavy atom. The Hall–Kier alpha value is -3.81. The molecule has 0 aliphatic carbocycles. The van der Waals surface area contributed by atoms with E-state index >= 15 is 0 Å². The first-order chi connectivity index (χ1) is 15.7. The molecule has 0 radical (unpaired) electrons. The Bertz CT molecular complexity index is 1050. The van der Waals surface area contributed by atoms with Crippen molar-refractivity contribution >= 4 is 11.7 Å². The Morgan fingerprint density at radius 2 is 1.66 bits per heavy atom.